The molecular weight excluding hydrogens is 442 g/mol. The predicted molar refractivity (Wildman–Crippen MR) is 127 cm³/mol. The number of thiophene rings is 1. The minimum Gasteiger partial charge on any atom is -0.507 e. The van der Waals surface area contributed by atoms with Gasteiger partial charge in [0.15, 0.2) is 0 Å². The van der Waals surface area contributed by atoms with Gasteiger partial charge in [0, 0.05) is 22.7 Å². The molecule has 2 aromatic heterocycles. The van der Waals surface area contributed by atoms with Crippen LogP contribution in [0.2, 0.25) is 0 Å². The number of methoxy groups -OCH3 is 1. The first-order valence-corrected chi connectivity index (χ1v) is 12.0. The number of aromatic amines is 1. The highest BCUT2D eigenvalue weighted by atomic mass is 32.1. The molecule has 1 aliphatic rings. The van der Waals surface area contributed by atoms with Crippen molar-refractivity contribution in [2.45, 2.75) is 40.2 Å². The monoisotopic (exact) mass is 473 g/mol. The number of aromatic nitrogens is 1. The van der Waals surface area contributed by atoms with E-state index in [-0.39, 0.29) is 17.0 Å². The second-order valence-electron chi connectivity index (χ2n) is 8.00. The summed E-state index contributed by atoms with van der Waals surface area (Å²) in [6.45, 7) is 10.6. The molecule has 0 radical (unpaired) electrons. The Bertz CT molecular complexity index is 1070. The lowest BCUT2D eigenvalue weighted by molar-refractivity contribution is -0.139. The van der Waals surface area contributed by atoms with Crippen molar-refractivity contribution in [1.29, 1.82) is 0 Å². The largest absolute Gasteiger partial charge is 0.507 e. The van der Waals surface area contributed by atoms with E-state index >= 15 is 0 Å². The number of nitrogens with one attached hydrogen (secondary N) is 1. The van der Waals surface area contributed by atoms with Crippen molar-refractivity contribution < 1.29 is 24.2 Å². The second-order valence-corrected chi connectivity index (χ2v) is 8.98. The van der Waals surface area contributed by atoms with E-state index in [0.29, 0.717) is 29.8 Å². The van der Waals surface area contributed by atoms with Crippen molar-refractivity contribution in [3.63, 3.8) is 0 Å². The van der Waals surface area contributed by atoms with E-state index in [1.54, 1.807) is 18.7 Å². The quantitative estimate of drug-likeness (QED) is 0.250. The number of aliphatic hydroxyl groups is 1. The number of aliphatic hydroxyl groups excluding tert-OH is 1. The summed E-state index contributed by atoms with van der Waals surface area (Å²) >= 11 is 1.43. The van der Waals surface area contributed by atoms with Crippen LogP contribution in [0.15, 0.2) is 23.1 Å². The first kappa shape index (κ1) is 24.7. The van der Waals surface area contributed by atoms with Gasteiger partial charge < -0.3 is 24.6 Å². The Morgan fingerprint density at radius 1 is 1.27 bits per heavy atom. The van der Waals surface area contributed by atoms with Gasteiger partial charge in [-0.15, -0.1) is 11.3 Å². The van der Waals surface area contributed by atoms with Crippen LogP contribution in [-0.4, -0.2) is 70.8 Å². The Kier molecular flexibility index (Phi) is 7.76. The molecule has 0 saturated carbocycles. The third-order valence-corrected chi connectivity index (χ3v) is 7.11. The number of carbonyl (C=O) groups excluding carboxylic acids is 3. The van der Waals surface area contributed by atoms with E-state index in [1.807, 2.05) is 17.5 Å². The maximum atomic E-state index is 13.1. The summed E-state index contributed by atoms with van der Waals surface area (Å²) in [4.78, 5) is 45.8. The van der Waals surface area contributed by atoms with Crippen LogP contribution in [-0.2, 0) is 14.3 Å². The Morgan fingerprint density at radius 2 is 1.97 bits per heavy atom. The number of nitrogens with zero attached hydrogens (tertiary/aromatic N) is 2. The first-order valence-electron chi connectivity index (χ1n) is 11.1. The molecule has 178 valence electrons. The highest BCUT2D eigenvalue weighted by Crippen LogP contribution is 2.42. The van der Waals surface area contributed by atoms with Gasteiger partial charge in [0.2, 0.25) is 0 Å². The number of carbonyl (C=O) groups is 3. The number of H-pyrrole nitrogens is 1. The molecule has 3 heterocycles. The van der Waals surface area contributed by atoms with Crippen LogP contribution >= 0.6 is 11.3 Å². The zero-order valence-electron chi connectivity index (χ0n) is 19.7. The normalized spacial score (nSPS) is 17.9. The molecular formula is C24H31N3O5S. The molecule has 33 heavy (non-hydrogen) atoms. The third-order valence-electron chi connectivity index (χ3n) is 6.18. The molecule has 2 aromatic rings. The van der Waals surface area contributed by atoms with Crippen molar-refractivity contribution >= 4 is 34.8 Å². The van der Waals surface area contributed by atoms with E-state index in [4.69, 9.17) is 4.74 Å². The van der Waals surface area contributed by atoms with Gasteiger partial charge >= 0.3 is 5.97 Å². The van der Waals surface area contributed by atoms with Gasteiger partial charge in [-0.1, -0.05) is 19.9 Å². The maximum Gasteiger partial charge on any atom is 0.354 e. The molecule has 0 aliphatic carbocycles. The summed E-state index contributed by atoms with van der Waals surface area (Å²) in [5.41, 5.74) is 1.58. The molecule has 8 nitrogen and oxygen atoms in total. The molecule has 0 bridgehead atoms. The zero-order valence-corrected chi connectivity index (χ0v) is 20.5. The van der Waals surface area contributed by atoms with Crippen LogP contribution in [0.1, 0.15) is 58.5 Å². The fourth-order valence-corrected chi connectivity index (χ4v) is 5.25. The number of likely N-dealkylation sites (tertiary alicyclic amines) is 1. The van der Waals surface area contributed by atoms with E-state index in [0.717, 1.165) is 24.5 Å². The molecule has 2 N–H and O–H groups in total. The van der Waals surface area contributed by atoms with Crippen LogP contribution in [0, 0.1) is 13.8 Å². The highest BCUT2D eigenvalue weighted by molar-refractivity contribution is 7.10. The summed E-state index contributed by atoms with van der Waals surface area (Å²) in [7, 11) is 1.28. The Morgan fingerprint density at radius 3 is 2.55 bits per heavy atom. The van der Waals surface area contributed by atoms with Crippen molar-refractivity contribution in [1.82, 2.24) is 14.8 Å². The van der Waals surface area contributed by atoms with Crippen molar-refractivity contribution in [2.75, 3.05) is 33.3 Å². The summed E-state index contributed by atoms with van der Waals surface area (Å²) in [6.07, 6.45) is 0.714. The topological polar surface area (TPSA) is 103 Å². The summed E-state index contributed by atoms with van der Waals surface area (Å²) in [5, 5.41) is 13.2. The van der Waals surface area contributed by atoms with E-state index < -0.39 is 23.7 Å². The van der Waals surface area contributed by atoms with Crippen molar-refractivity contribution in [3.05, 3.63) is 50.5 Å². The molecule has 1 fully saturated rings. The van der Waals surface area contributed by atoms with E-state index in [1.165, 1.54) is 18.4 Å². The lowest BCUT2D eigenvalue weighted by Gasteiger charge is -2.25. The number of esters is 1. The SMILES string of the molecule is CCN(CC)CCCN1C(=O)C(=O)/C(=C(/O)c2c(C)[nH]c(C(=O)OC)c2C)[C@@H]1c1cccs1. The number of aryl methyl sites for hydroxylation is 1. The second kappa shape index (κ2) is 10.4. The molecule has 1 amide bonds. The Labute approximate surface area is 197 Å². The Hall–Kier alpha value is -2.91. The number of ether oxygens (including phenoxy) is 1. The number of ketones is 1. The van der Waals surface area contributed by atoms with Crippen molar-refractivity contribution in [3.8, 4) is 0 Å². The van der Waals surface area contributed by atoms with Crippen molar-refractivity contribution in [2.24, 2.45) is 0 Å². The molecule has 3 rings (SSSR count). The fourth-order valence-electron chi connectivity index (χ4n) is 4.40. The van der Waals surface area contributed by atoms with Gasteiger partial charge in [0.1, 0.15) is 11.5 Å². The molecule has 0 aromatic carbocycles. The van der Waals surface area contributed by atoms with Crippen LogP contribution in [0.25, 0.3) is 5.76 Å². The van der Waals surface area contributed by atoms with Crippen LogP contribution in [0.4, 0.5) is 0 Å². The third kappa shape index (κ3) is 4.60. The molecule has 0 unspecified atom stereocenters. The first-order chi connectivity index (χ1) is 15.8. The molecule has 9 heteroatoms. The van der Waals surface area contributed by atoms with Gasteiger partial charge in [-0.2, -0.15) is 0 Å². The van der Waals surface area contributed by atoms with Crippen LogP contribution < -0.4 is 0 Å². The van der Waals surface area contributed by atoms with Gasteiger partial charge in [-0.3, -0.25) is 9.59 Å². The number of hydrogen-bond donors (Lipinski definition) is 2. The maximum absolute atomic E-state index is 13.1. The Balaban J connectivity index is 2.06. The molecule has 0 spiro atoms. The highest BCUT2D eigenvalue weighted by Gasteiger charge is 2.46. The van der Waals surface area contributed by atoms with Gasteiger partial charge in [-0.25, -0.2) is 4.79 Å². The minimum atomic E-state index is -0.714. The fraction of sp³-hybridized carbons (Fsp3) is 0.458. The predicted octanol–water partition coefficient (Wildman–Crippen LogP) is 3.63. The summed E-state index contributed by atoms with van der Waals surface area (Å²) < 4.78 is 4.81. The van der Waals surface area contributed by atoms with E-state index in [2.05, 4.69) is 23.7 Å². The standard InChI is InChI=1S/C24H31N3O5S/c1-6-26(7-2)11-9-12-27-20(16-10-8-13-33-16)18(22(29)23(27)30)21(28)17-14(3)19(24(31)32-5)25-15(17)4/h8,10,13,20,25,28H,6-7,9,11-12H2,1-5H3/b21-18+/t20-/m0/s1. The van der Waals surface area contributed by atoms with Crippen LogP contribution in [0.3, 0.4) is 0 Å². The molecule has 1 aliphatic heterocycles. The average molecular weight is 474 g/mol. The lowest BCUT2D eigenvalue weighted by atomic mass is 9.97. The summed E-state index contributed by atoms with van der Waals surface area (Å²) in [6, 6.07) is 3.05. The number of rotatable bonds is 9. The smallest absolute Gasteiger partial charge is 0.354 e. The minimum absolute atomic E-state index is 0.0481. The average Bonchev–Trinajstić information content (AvgIpc) is 3.49. The summed E-state index contributed by atoms with van der Waals surface area (Å²) in [5.74, 6) is -2.18. The van der Waals surface area contributed by atoms with Gasteiger partial charge in [-0.05, 0) is 56.9 Å². The number of Topliss-reactive ketones (excluding diaryl/α,β-unsaturated/α-hetero) is 1. The number of hydrogen-bond acceptors (Lipinski definition) is 7. The molecule has 1 saturated heterocycles. The zero-order chi connectivity index (χ0) is 24.3. The van der Waals surface area contributed by atoms with Gasteiger partial charge in [0.05, 0.1) is 18.7 Å². The van der Waals surface area contributed by atoms with Gasteiger partial charge in [0.25, 0.3) is 11.7 Å². The van der Waals surface area contributed by atoms with E-state index in [9.17, 15) is 19.5 Å². The lowest BCUT2D eigenvalue weighted by Crippen LogP contribution is -2.33. The molecule has 1 atom stereocenters. The van der Waals surface area contributed by atoms with Crippen LogP contribution in [0.5, 0.6) is 0 Å². The number of amides is 1.